The van der Waals surface area contributed by atoms with Crippen LogP contribution in [-0.4, -0.2) is 31.9 Å². The SMILES string of the molecule is CCC1CN(S(=O)(=O)c2cccc(F)c2)CCC1N. The fraction of sp³-hybridized carbons (Fsp3) is 0.538. The maximum absolute atomic E-state index is 13.2. The highest BCUT2D eigenvalue weighted by molar-refractivity contribution is 7.89. The van der Waals surface area contributed by atoms with Gasteiger partial charge in [0.2, 0.25) is 10.0 Å². The van der Waals surface area contributed by atoms with E-state index in [1.54, 1.807) is 0 Å². The van der Waals surface area contributed by atoms with Crippen LogP contribution in [0, 0.1) is 11.7 Å². The van der Waals surface area contributed by atoms with E-state index in [2.05, 4.69) is 0 Å². The molecule has 0 spiro atoms. The average Bonchev–Trinajstić information content (AvgIpc) is 2.39. The van der Waals surface area contributed by atoms with E-state index in [0.717, 1.165) is 12.5 Å². The van der Waals surface area contributed by atoms with E-state index in [-0.39, 0.29) is 16.9 Å². The number of halogens is 1. The van der Waals surface area contributed by atoms with Gasteiger partial charge in [-0.2, -0.15) is 4.31 Å². The standard InChI is InChI=1S/C13H19FN2O2S/c1-2-10-9-16(7-6-13(10)15)19(17,18)12-5-3-4-11(14)8-12/h3-5,8,10,13H,2,6-7,9,15H2,1H3. The zero-order valence-corrected chi connectivity index (χ0v) is 11.7. The predicted octanol–water partition coefficient (Wildman–Crippen LogP) is 1.57. The van der Waals surface area contributed by atoms with Crippen molar-refractivity contribution in [2.24, 2.45) is 11.7 Å². The Balaban J connectivity index is 2.25. The van der Waals surface area contributed by atoms with Crippen LogP contribution in [0.1, 0.15) is 19.8 Å². The minimum absolute atomic E-state index is 0.0119. The van der Waals surface area contributed by atoms with Gasteiger partial charge in [-0.05, 0) is 30.5 Å². The summed E-state index contributed by atoms with van der Waals surface area (Å²) in [5.41, 5.74) is 5.98. The van der Waals surface area contributed by atoms with Gasteiger partial charge in [-0.3, -0.25) is 0 Å². The summed E-state index contributed by atoms with van der Waals surface area (Å²) >= 11 is 0. The van der Waals surface area contributed by atoms with Gasteiger partial charge in [-0.1, -0.05) is 19.4 Å². The van der Waals surface area contributed by atoms with Crippen molar-refractivity contribution in [1.29, 1.82) is 0 Å². The number of nitrogens with zero attached hydrogens (tertiary/aromatic N) is 1. The van der Waals surface area contributed by atoms with Crippen LogP contribution in [0.15, 0.2) is 29.2 Å². The highest BCUT2D eigenvalue weighted by Crippen LogP contribution is 2.25. The Morgan fingerprint density at radius 2 is 2.21 bits per heavy atom. The quantitative estimate of drug-likeness (QED) is 0.917. The van der Waals surface area contributed by atoms with Gasteiger partial charge in [-0.25, -0.2) is 12.8 Å². The fourth-order valence-electron chi connectivity index (χ4n) is 2.44. The number of hydrogen-bond donors (Lipinski definition) is 1. The Bertz CT molecular complexity index is 547. The molecule has 1 fully saturated rings. The van der Waals surface area contributed by atoms with Crippen LogP contribution >= 0.6 is 0 Å². The Morgan fingerprint density at radius 1 is 1.47 bits per heavy atom. The molecule has 1 aromatic carbocycles. The Morgan fingerprint density at radius 3 is 2.84 bits per heavy atom. The Hall–Kier alpha value is -0.980. The summed E-state index contributed by atoms with van der Waals surface area (Å²) in [5, 5.41) is 0. The highest BCUT2D eigenvalue weighted by atomic mass is 32.2. The molecule has 1 aromatic rings. The lowest BCUT2D eigenvalue weighted by atomic mass is 9.92. The van der Waals surface area contributed by atoms with E-state index in [1.165, 1.54) is 22.5 Å². The van der Waals surface area contributed by atoms with Crippen LogP contribution in [0.5, 0.6) is 0 Å². The van der Waals surface area contributed by atoms with Crippen molar-refractivity contribution in [3.8, 4) is 0 Å². The Labute approximate surface area is 113 Å². The third-order valence-electron chi connectivity index (χ3n) is 3.71. The fourth-order valence-corrected chi connectivity index (χ4v) is 3.99. The topological polar surface area (TPSA) is 63.4 Å². The summed E-state index contributed by atoms with van der Waals surface area (Å²) in [4.78, 5) is 0.0119. The van der Waals surface area contributed by atoms with E-state index in [9.17, 15) is 12.8 Å². The summed E-state index contributed by atoms with van der Waals surface area (Å²) in [7, 11) is -3.61. The lowest BCUT2D eigenvalue weighted by molar-refractivity contribution is 0.230. The van der Waals surface area contributed by atoms with E-state index in [4.69, 9.17) is 5.73 Å². The van der Waals surface area contributed by atoms with Gasteiger partial charge >= 0.3 is 0 Å². The summed E-state index contributed by atoms with van der Waals surface area (Å²) in [6.07, 6.45) is 1.49. The first kappa shape index (κ1) is 14.4. The highest BCUT2D eigenvalue weighted by Gasteiger charge is 2.33. The minimum Gasteiger partial charge on any atom is -0.327 e. The van der Waals surface area contributed by atoms with Crippen molar-refractivity contribution in [2.45, 2.75) is 30.7 Å². The molecule has 1 aliphatic rings. The van der Waals surface area contributed by atoms with Crippen LogP contribution in [-0.2, 0) is 10.0 Å². The van der Waals surface area contributed by atoms with E-state index < -0.39 is 15.8 Å². The van der Waals surface area contributed by atoms with Crippen molar-refractivity contribution in [2.75, 3.05) is 13.1 Å². The second-order valence-corrected chi connectivity index (χ2v) is 6.88. The van der Waals surface area contributed by atoms with Gasteiger partial charge in [0.15, 0.2) is 0 Å². The van der Waals surface area contributed by atoms with E-state index >= 15 is 0 Å². The maximum Gasteiger partial charge on any atom is 0.243 e. The van der Waals surface area contributed by atoms with Crippen LogP contribution in [0.3, 0.4) is 0 Å². The van der Waals surface area contributed by atoms with Crippen molar-refractivity contribution < 1.29 is 12.8 Å². The molecule has 2 atom stereocenters. The average molecular weight is 286 g/mol. The molecule has 0 aliphatic carbocycles. The van der Waals surface area contributed by atoms with E-state index in [0.29, 0.717) is 19.5 Å². The van der Waals surface area contributed by atoms with Crippen molar-refractivity contribution in [3.05, 3.63) is 30.1 Å². The smallest absolute Gasteiger partial charge is 0.243 e. The zero-order valence-electron chi connectivity index (χ0n) is 10.9. The summed E-state index contributed by atoms with van der Waals surface area (Å²) in [5.74, 6) is -0.376. The van der Waals surface area contributed by atoms with Crippen LogP contribution in [0.2, 0.25) is 0 Å². The van der Waals surface area contributed by atoms with Gasteiger partial charge in [0.1, 0.15) is 5.82 Å². The zero-order chi connectivity index (χ0) is 14.0. The Kier molecular flexibility index (Phi) is 4.23. The molecule has 2 unspecified atom stereocenters. The van der Waals surface area contributed by atoms with Gasteiger partial charge in [0.05, 0.1) is 4.90 Å². The van der Waals surface area contributed by atoms with Crippen molar-refractivity contribution in [1.82, 2.24) is 4.31 Å². The molecular weight excluding hydrogens is 267 g/mol. The normalized spacial score (nSPS) is 25.4. The molecule has 2 N–H and O–H groups in total. The molecule has 2 rings (SSSR count). The van der Waals surface area contributed by atoms with Gasteiger partial charge in [0, 0.05) is 19.1 Å². The molecule has 0 aromatic heterocycles. The van der Waals surface area contributed by atoms with Crippen LogP contribution < -0.4 is 5.73 Å². The number of benzene rings is 1. The summed E-state index contributed by atoms with van der Waals surface area (Å²) in [6, 6.07) is 5.18. The lowest BCUT2D eigenvalue weighted by Crippen LogP contribution is -2.48. The number of hydrogen-bond acceptors (Lipinski definition) is 3. The van der Waals surface area contributed by atoms with Crippen LogP contribution in [0.4, 0.5) is 4.39 Å². The molecule has 0 amide bonds. The molecular formula is C13H19FN2O2S. The van der Waals surface area contributed by atoms with Gasteiger partial charge < -0.3 is 5.73 Å². The number of nitrogens with two attached hydrogens (primary N) is 1. The molecule has 0 saturated carbocycles. The third kappa shape index (κ3) is 2.96. The summed E-state index contributed by atoms with van der Waals surface area (Å²) < 4.78 is 39.4. The monoisotopic (exact) mass is 286 g/mol. The molecule has 1 saturated heterocycles. The first-order chi connectivity index (χ1) is 8.95. The second kappa shape index (κ2) is 5.56. The van der Waals surface area contributed by atoms with Crippen molar-refractivity contribution >= 4 is 10.0 Å². The van der Waals surface area contributed by atoms with Crippen molar-refractivity contribution in [3.63, 3.8) is 0 Å². The minimum atomic E-state index is -3.61. The second-order valence-electron chi connectivity index (χ2n) is 4.94. The van der Waals surface area contributed by atoms with Gasteiger partial charge in [0.25, 0.3) is 0 Å². The van der Waals surface area contributed by atoms with Gasteiger partial charge in [-0.15, -0.1) is 0 Å². The number of sulfonamides is 1. The predicted molar refractivity (Wildman–Crippen MR) is 71.5 cm³/mol. The molecule has 0 bridgehead atoms. The number of rotatable bonds is 3. The van der Waals surface area contributed by atoms with Crippen LogP contribution in [0.25, 0.3) is 0 Å². The molecule has 4 nitrogen and oxygen atoms in total. The molecule has 1 heterocycles. The maximum atomic E-state index is 13.2. The molecule has 19 heavy (non-hydrogen) atoms. The van der Waals surface area contributed by atoms with E-state index in [1.807, 2.05) is 6.92 Å². The molecule has 1 aliphatic heterocycles. The molecule has 0 radical (unpaired) electrons. The first-order valence-electron chi connectivity index (χ1n) is 6.46. The number of piperidine rings is 1. The molecule has 106 valence electrons. The third-order valence-corrected chi connectivity index (χ3v) is 5.57. The largest absolute Gasteiger partial charge is 0.327 e. The first-order valence-corrected chi connectivity index (χ1v) is 7.90. The molecule has 6 heteroatoms. The lowest BCUT2D eigenvalue weighted by Gasteiger charge is -2.35. The summed E-state index contributed by atoms with van der Waals surface area (Å²) in [6.45, 7) is 2.82.